The molecule has 154 valence electrons. The topological polar surface area (TPSA) is 136 Å². The molecule has 8 N–H and O–H groups in total. The van der Waals surface area contributed by atoms with Crippen LogP contribution in [0.3, 0.4) is 0 Å². The number of hydrogen-bond donors (Lipinski definition) is 6. The highest BCUT2D eigenvalue weighted by Crippen LogP contribution is 2.23. The van der Waals surface area contributed by atoms with Gasteiger partial charge < -0.3 is 26.4 Å². The first kappa shape index (κ1) is 20.5. The van der Waals surface area contributed by atoms with E-state index < -0.39 is 0 Å². The summed E-state index contributed by atoms with van der Waals surface area (Å²) >= 11 is 0. The molecule has 0 aliphatic heterocycles. The number of hydrazine groups is 1. The van der Waals surface area contributed by atoms with Crippen molar-refractivity contribution in [3.63, 3.8) is 0 Å². The maximum atomic E-state index is 12.5. The van der Waals surface area contributed by atoms with Crippen molar-refractivity contribution < 1.29 is 0 Å². The molecule has 29 heavy (non-hydrogen) atoms. The summed E-state index contributed by atoms with van der Waals surface area (Å²) in [6, 6.07) is 9.72. The summed E-state index contributed by atoms with van der Waals surface area (Å²) in [5.74, 6) is 5.89. The van der Waals surface area contributed by atoms with Crippen molar-refractivity contribution >= 4 is 17.2 Å². The van der Waals surface area contributed by atoms with Gasteiger partial charge in [-0.2, -0.15) is 0 Å². The second-order valence-electron chi connectivity index (χ2n) is 7.29. The molecule has 1 aliphatic carbocycles. The molecule has 1 fully saturated rings. The number of nitrogens with two attached hydrogens (primary N) is 2. The third-order valence-electron chi connectivity index (χ3n) is 5.01. The minimum absolute atomic E-state index is 0.0498. The largest absolute Gasteiger partial charge is 0.403 e. The van der Waals surface area contributed by atoms with Gasteiger partial charge in [0.05, 0.1) is 12.2 Å². The highest BCUT2D eigenvalue weighted by molar-refractivity contribution is 6.09. The van der Waals surface area contributed by atoms with Crippen molar-refractivity contribution in [3.05, 3.63) is 70.4 Å². The number of benzene rings is 1. The molecule has 0 bridgehead atoms. The Bertz CT molecular complexity index is 915. The lowest BCUT2D eigenvalue weighted by atomic mass is 9.95. The zero-order chi connectivity index (χ0) is 20.6. The van der Waals surface area contributed by atoms with E-state index in [4.69, 9.17) is 17.0 Å². The van der Waals surface area contributed by atoms with E-state index >= 15 is 0 Å². The van der Waals surface area contributed by atoms with Gasteiger partial charge in [-0.3, -0.25) is 10.2 Å². The molecule has 1 aliphatic rings. The monoisotopic (exact) mass is 395 g/mol. The molecule has 8 heteroatoms. The third kappa shape index (κ3) is 5.61. The van der Waals surface area contributed by atoms with Gasteiger partial charge in [-0.05, 0) is 36.6 Å². The van der Waals surface area contributed by atoms with Crippen LogP contribution in [0.1, 0.15) is 43.2 Å². The quantitative estimate of drug-likeness (QED) is 0.185. The molecular formula is C21H29N7O. The standard InChI is InChI=1S/C21H29N7O/c22-10-12-28(24)14-15-5-4-8-17(13-15)27-20(23)19-18(9-11-25-21(19)29)26-16-6-2-1-3-7-16/h4-5,8-13,16H,1-3,6-7,14,22,24H2,(H2,23,27)(H2,25,26,29)/b12-10-. The summed E-state index contributed by atoms with van der Waals surface area (Å²) in [5.41, 5.74) is 7.73. The Kier molecular flexibility index (Phi) is 6.91. The highest BCUT2D eigenvalue weighted by Gasteiger charge is 2.18. The van der Waals surface area contributed by atoms with E-state index in [0.29, 0.717) is 29.5 Å². The van der Waals surface area contributed by atoms with E-state index in [0.717, 1.165) is 18.4 Å². The average molecular weight is 396 g/mol. The normalized spacial score (nSPS) is 14.7. The van der Waals surface area contributed by atoms with Crippen LogP contribution in [-0.4, -0.2) is 21.9 Å². The van der Waals surface area contributed by atoms with Crippen LogP contribution in [0.25, 0.3) is 0 Å². The molecule has 1 aromatic carbocycles. The van der Waals surface area contributed by atoms with Gasteiger partial charge in [0.2, 0.25) is 0 Å². The lowest BCUT2D eigenvalue weighted by Gasteiger charge is -2.25. The zero-order valence-electron chi connectivity index (χ0n) is 16.4. The van der Waals surface area contributed by atoms with E-state index in [-0.39, 0.29) is 11.4 Å². The van der Waals surface area contributed by atoms with Gasteiger partial charge in [-0.1, -0.05) is 31.4 Å². The number of H-pyrrole nitrogens is 1. The Morgan fingerprint density at radius 2 is 2.07 bits per heavy atom. The van der Waals surface area contributed by atoms with E-state index in [1.54, 1.807) is 12.4 Å². The van der Waals surface area contributed by atoms with Crippen molar-refractivity contribution in [2.75, 3.05) is 10.6 Å². The molecule has 8 nitrogen and oxygen atoms in total. The second-order valence-corrected chi connectivity index (χ2v) is 7.29. The maximum absolute atomic E-state index is 12.5. The molecule has 1 aromatic heterocycles. The molecule has 0 spiro atoms. The summed E-state index contributed by atoms with van der Waals surface area (Å²) in [5, 5.41) is 16.5. The van der Waals surface area contributed by atoms with Crippen LogP contribution in [-0.2, 0) is 6.54 Å². The Morgan fingerprint density at radius 1 is 1.28 bits per heavy atom. The summed E-state index contributed by atoms with van der Waals surface area (Å²) < 4.78 is 0. The smallest absolute Gasteiger partial charge is 0.261 e. The van der Waals surface area contributed by atoms with Crippen LogP contribution in [0.2, 0.25) is 0 Å². The number of aromatic amines is 1. The molecular weight excluding hydrogens is 366 g/mol. The number of anilines is 2. The molecule has 0 radical (unpaired) electrons. The van der Waals surface area contributed by atoms with Crippen LogP contribution in [0.5, 0.6) is 0 Å². The Morgan fingerprint density at radius 3 is 2.83 bits per heavy atom. The van der Waals surface area contributed by atoms with Gasteiger partial charge in [0.1, 0.15) is 11.4 Å². The van der Waals surface area contributed by atoms with Crippen molar-refractivity contribution in [1.29, 1.82) is 5.41 Å². The molecule has 3 rings (SSSR count). The SMILES string of the molecule is N=C(Nc1cccc(CN(N)/C=C\N)c1)c1c(NC2CCCCC2)cc[nH]c1=O. The van der Waals surface area contributed by atoms with Gasteiger partial charge in [0, 0.05) is 30.3 Å². The first-order chi connectivity index (χ1) is 14.1. The molecule has 0 saturated heterocycles. The lowest BCUT2D eigenvalue weighted by molar-refractivity contribution is 0.386. The zero-order valence-corrected chi connectivity index (χ0v) is 16.4. The molecule has 1 heterocycles. The molecule has 1 saturated carbocycles. The van der Waals surface area contributed by atoms with Gasteiger partial charge in [-0.15, -0.1) is 0 Å². The van der Waals surface area contributed by atoms with Crippen molar-refractivity contribution in [3.8, 4) is 0 Å². The van der Waals surface area contributed by atoms with Crippen LogP contribution in [0.15, 0.2) is 53.7 Å². The first-order valence-corrected chi connectivity index (χ1v) is 9.89. The van der Waals surface area contributed by atoms with E-state index in [2.05, 4.69) is 15.6 Å². The fourth-order valence-corrected chi connectivity index (χ4v) is 3.64. The molecule has 0 unspecified atom stereocenters. The lowest BCUT2D eigenvalue weighted by Crippen LogP contribution is -2.29. The Labute approximate surface area is 170 Å². The molecule has 0 amide bonds. The van der Waals surface area contributed by atoms with Gasteiger partial charge in [-0.25, -0.2) is 5.84 Å². The van der Waals surface area contributed by atoms with Crippen molar-refractivity contribution in [1.82, 2.24) is 9.99 Å². The van der Waals surface area contributed by atoms with Crippen LogP contribution in [0, 0.1) is 5.41 Å². The minimum Gasteiger partial charge on any atom is -0.403 e. The van der Waals surface area contributed by atoms with Gasteiger partial charge in [0.15, 0.2) is 0 Å². The summed E-state index contributed by atoms with van der Waals surface area (Å²) in [6.45, 7) is 0.469. The van der Waals surface area contributed by atoms with Crippen molar-refractivity contribution in [2.24, 2.45) is 11.6 Å². The van der Waals surface area contributed by atoms with Crippen LogP contribution < -0.4 is 27.8 Å². The highest BCUT2D eigenvalue weighted by atomic mass is 16.1. The fourth-order valence-electron chi connectivity index (χ4n) is 3.64. The Balaban J connectivity index is 1.76. The number of amidine groups is 1. The number of nitrogens with zero attached hydrogens (tertiary/aromatic N) is 1. The van der Waals surface area contributed by atoms with E-state index in [1.165, 1.54) is 30.5 Å². The van der Waals surface area contributed by atoms with Gasteiger partial charge in [0.25, 0.3) is 5.56 Å². The summed E-state index contributed by atoms with van der Waals surface area (Å²) in [7, 11) is 0. The summed E-state index contributed by atoms with van der Waals surface area (Å²) in [4.78, 5) is 15.2. The van der Waals surface area contributed by atoms with E-state index in [1.807, 2.05) is 30.3 Å². The number of hydrogen-bond acceptors (Lipinski definition) is 6. The number of aromatic nitrogens is 1. The number of nitrogens with one attached hydrogen (secondary N) is 4. The third-order valence-corrected chi connectivity index (χ3v) is 5.01. The average Bonchev–Trinajstić information content (AvgIpc) is 2.69. The van der Waals surface area contributed by atoms with Crippen molar-refractivity contribution in [2.45, 2.75) is 44.7 Å². The second kappa shape index (κ2) is 9.79. The fraction of sp³-hybridized carbons (Fsp3) is 0.333. The van der Waals surface area contributed by atoms with Crippen LogP contribution in [0.4, 0.5) is 11.4 Å². The minimum atomic E-state index is -0.291. The maximum Gasteiger partial charge on any atom is 0.261 e. The van der Waals surface area contributed by atoms with Gasteiger partial charge >= 0.3 is 0 Å². The molecule has 2 aromatic rings. The predicted molar refractivity (Wildman–Crippen MR) is 118 cm³/mol. The first-order valence-electron chi connectivity index (χ1n) is 9.89. The van der Waals surface area contributed by atoms with Crippen LogP contribution >= 0.6 is 0 Å². The summed E-state index contributed by atoms with van der Waals surface area (Å²) in [6.07, 6.45) is 10.4. The molecule has 0 atom stereocenters. The van der Waals surface area contributed by atoms with E-state index in [9.17, 15) is 4.79 Å². The number of pyridine rings is 1. The predicted octanol–water partition coefficient (Wildman–Crippen LogP) is 2.66. The Hall–Kier alpha value is -3.26. The number of rotatable bonds is 7.